The van der Waals surface area contributed by atoms with Gasteiger partial charge in [-0.15, -0.1) is 0 Å². The monoisotopic (exact) mass is 372 g/mol. The summed E-state index contributed by atoms with van der Waals surface area (Å²) in [6, 6.07) is 12.9. The summed E-state index contributed by atoms with van der Waals surface area (Å²) in [5, 5.41) is 9.56. The van der Waals surface area contributed by atoms with E-state index in [0.29, 0.717) is 17.9 Å². The highest BCUT2D eigenvalue weighted by Gasteiger charge is 2.19. The zero-order valence-corrected chi connectivity index (χ0v) is 16.0. The van der Waals surface area contributed by atoms with Gasteiger partial charge in [-0.3, -0.25) is 4.79 Å². The molecule has 27 heavy (non-hydrogen) atoms. The van der Waals surface area contributed by atoms with Crippen molar-refractivity contribution in [2.45, 2.75) is 64.2 Å². The van der Waals surface area contributed by atoms with Crippen molar-refractivity contribution in [1.29, 1.82) is 0 Å². The van der Waals surface area contributed by atoms with Crippen molar-refractivity contribution in [3.8, 4) is 11.5 Å². The molecule has 1 unspecified atom stereocenters. The molecule has 0 fully saturated rings. The summed E-state index contributed by atoms with van der Waals surface area (Å²) in [7, 11) is 0. The van der Waals surface area contributed by atoms with Crippen molar-refractivity contribution in [1.82, 2.24) is 0 Å². The van der Waals surface area contributed by atoms with Gasteiger partial charge in [0.2, 0.25) is 0 Å². The molecule has 0 radical (unpaired) electrons. The maximum Gasteiger partial charge on any atom is 0.310 e. The number of hydrogen-bond acceptors (Lipinski definition) is 2. The quantitative estimate of drug-likeness (QED) is 0.411. The number of halogens is 1. The minimum absolute atomic E-state index is 0.313. The summed E-state index contributed by atoms with van der Waals surface area (Å²) >= 11 is 0. The van der Waals surface area contributed by atoms with E-state index in [1.54, 1.807) is 36.4 Å². The van der Waals surface area contributed by atoms with E-state index in [1.807, 2.05) is 0 Å². The second kappa shape index (κ2) is 11.4. The summed E-state index contributed by atoms with van der Waals surface area (Å²) in [6.45, 7) is 2.20. The first-order valence-corrected chi connectivity index (χ1v) is 9.86. The van der Waals surface area contributed by atoms with Gasteiger partial charge in [-0.2, -0.15) is 0 Å². The Labute approximate surface area is 161 Å². The fourth-order valence-corrected chi connectivity index (χ4v) is 3.15. The molecule has 2 aromatic carbocycles. The number of ether oxygens (including phenoxy) is 1. The van der Waals surface area contributed by atoms with Crippen LogP contribution in [0.15, 0.2) is 48.5 Å². The highest BCUT2D eigenvalue weighted by molar-refractivity contribution is 5.76. The highest BCUT2D eigenvalue weighted by Crippen LogP contribution is 2.27. The molecular formula is C23H29FO3. The van der Waals surface area contributed by atoms with E-state index in [4.69, 9.17) is 4.74 Å². The second-order valence-corrected chi connectivity index (χ2v) is 6.93. The van der Waals surface area contributed by atoms with Crippen LogP contribution >= 0.6 is 0 Å². The highest BCUT2D eigenvalue weighted by atomic mass is 19.1. The lowest BCUT2D eigenvalue weighted by molar-refractivity contribution is -0.139. The van der Waals surface area contributed by atoms with E-state index in [2.05, 4.69) is 6.92 Å². The van der Waals surface area contributed by atoms with Crippen LogP contribution in [0.2, 0.25) is 0 Å². The zero-order chi connectivity index (χ0) is 19.5. The minimum atomic E-state index is -0.784. The number of hydrogen-bond donors (Lipinski definition) is 1. The fraction of sp³-hybridized carbons (Fsp3) is 0.435. The van der Waals surface area contributed by atoms with E-state index < -0.39 is 11.9 Å². The van der Waals surface area contributed by atoms with Crippen LogP contribution in [0.4, 0.5) is 4.39 Å². The summed E-state index contributed by atoms with van der Waals surface area (Å²) in [5.74, 6) is -0.437. The Morgan fingerprint density at radius 1 is 0.889 bits per heavy atom. The van der Waals surface area contributed by atoms with Gasteiger partial charge in [0.15, 0.2) is 0 Å². The summed E-state index contributed by atoms with van der Waals surface area (Å²) in [4.78, 5) is 11.6. The van der Waals surface area contributed by atoms with Crippen LogP contribution in [-0.2, 0) is 4.79 Å². The molecule has 0 spiro atoms. The molecule has 0 aromatic heterocycles. The van der Waals surface area contributed by atoms with Gasteiger partial charge in [0.05, 0.1) is 5.92 Å². The van der Waals surface area contributed by atoms with Crippen LogP contribution in [-0.4, -0.2) is 11.1 Å². The molecule has 0 bridgehead atoms. The molecule has 4 heteroatoms. The zero-order valence-electron chi connectivity index (χ0n) is 16.0. The third-order valence-electron chi connectivity index (χ3n) is 4.73. The number of benzene rings is 2. The van der Waals surface area contributed by atoms with Gasteiger partial charge in [0, 0.05) is 0 Å². The molecule has 0 aliphatic carbocycles. The predicted octanol–water partition coefficient (Wildman–Crippen LogP) is 6.93. The normalized spacial score (nSPS) is 11.9. The minimum Gasteiger partial charge on any atom is -0.481 e. The number of aliphatic carboxylic acids is 1. The average Bonchev–Trinajstić information content (AvgIpc) is 2.66. The van der Waals surface area contributed by atoms with E-state index in [1.165, 1.54) is 44.2 Å². The molecule has 0 heterocycles. The van der Waals surface area contributed by atoms with Gasteiger partial charge in [-0.05, 0) is 48.4 Å². The molecule has 146 valence electrons. The molecule has 0 aliphatic heterocycles. The number of rotatable bonds is 12. The summed E-state index contributed by atoms with van der Waals surface area (Å²) in [6.07, 6.45) is 8.87. The molecule has 1 atom stereocenters. The Bertz CT molecular complexity index is 680. The lowest BCUT2D eigenvalue weighted by Crippen LogP contribution is -2.11. The first-order valence-electron chi connectivity index (χ1n) is 9.86. The van der Waals surface area contributed by atoms with Gasteiger partial charge in [-0.25, -0.2) is 4.39 Å². The fourth-order valence-electron chi connectivity index (χ4n) is 3.15. The Hall–Kier alpha value is -2.36. The number of carbonyl (C=O) groups is 1. The van der Waals surface area contributed by atoms with Gasteiger partial charge in [-0.1, -0.05) is 64.0 Å². The molecule has 2 rings (SSSR count). The third kappa shape index (κ3) is 7.41. The van der Waals surface area contributed by atoms with E-state index >= 15 is 0 Å². The van der Waals surface area contributed by atoms with E-state index in [0.717, 1.165) is 18.4 Å². The van der Waals surface area contributed by atoms with Gasteiger partial charge in [0.1, 0.15) is 17.3 Å². The van der Waals surface area contributed by atoms with Crippen LogP contribution in [0.3, 0.4) is 0 Å². The standard InChI is InChI=1S/C23H29FO3/c1-2-3-4-5-6-7-8-9-22(23(25)26)18-10-14-20(15-11-18)27-21-16-12-19(24)13-17-21/h10-17,22H,2-9H2,1H3,(H,25,26). The molecule has 0 aliphatic rings. The largest absolute Gasteiger partial charge is 0.481 e. The topological polar surface area (TPSA) is 46.5 Å². The lowest BCUT2D eigenvalue weighted by atomic mass is 9.93. The Morgan fingerprint density at radius 3 is 1.96 bits per heavy atom. The van der Waals surface area contributed by atoms with Crippen molar-refractivity contribution in [3.63, 3.8) is 0 Å². The van der Waals surface area contributed by atoms with Crippen LogP contribution in [0.5, 0.6) is 11.5 Å². The Morgan fingerprint density at radius 2 is 1.41 bits per heavy atom. The average molecular weight is 372 g/mol. The van der Waals surface area contributed by atoms with Crippen LogP contribution in [0.1, 0.15) is 69.8 Å². The van der Waals surface area contributed by atoms with Crippen molar-refractivity contribution in [3.05, 3.63) is 59.9 Å². The predicted molar refractivity (Wildman–Crippen MR) is 106 cm³/mol. The van der Waals surface area contributed by atoms with Gasteiger partial charge < -0.3 is 9.84 Å². The van der Waals surface area contributed by atoms with Crippen molar-refractivity contribution in [2.24, 2.45) is 0 Å². The van der Waals surface area contributed by atoms with Gasteiger partial charge >= 0.3 is 5.97 Å². The number of unbranched alkanes of at least 4 members (excludes halogenated alkanes) is 6. The molecule has 0 saturated heterocycles. The molecule has 0 saturated carbocycles. The molecule has 1 N–H and O–H groups in total. The Kier molecular flexibility index (Phi) is 8.82. The van der Waals surface area contributed by atoms with Crippen molar-refractivity contribution >= 4 is 5.97 Å². The van der Waals surface area contributed by atoms with Crippen molar-refractivity contribution < 1.29 is 19.0 Å². The maximum atomic E-state index is 12.9. The molecular weight excluding hydrogens is 343 g/mol. The summed E-state index contributed by atoms with van der Waals surface area (Å²) in [5.41, 5.74) is 0.792. The van der Waals surface area contributed by atoms with Crippen LogP contribution in [0, 0.1) is 5.82 Å². The van der Waals surface area contributed by atoms with E-state index in [9.17, 15) is 14.3 Å². The maximum absolute atomic E-state index is 12.9. The summed E-state index contributed by atoms with van der Waals surface area (Å²) < 4.78 is 18.6. The third-order valence-corrected chi connectivity index (χ3v) is 4.73. The smallest absolute Gasteiger partial charge is 0.310 e. The van der Waals surface area contributed by atoms with Crippen LogP contribution < -0.4 is 4.74 Å². The van der Waals surface area contributed by atoms with E-state index in [-0.39, 0.29) is 5.82 Å². The number of carboxylic acid groups (broad SMARTS) is 1. The molecule has 0 amide bonds. The lowest BCUT2D eigenvalue weighted by Gasteiger charge is -2.14. The molecule has 2 aromatic rings. The second-order valence-electron chi connectivity index (χ2n) is 6.93. The first kappa shape index (κ1) is 20.9. The first-order chi connectivity index (χ1) is 13.1. The Balaban J connectivity index is 1.85. The van der Waals surface area contributed by atoms with Crippen LogP contribution in [0.25, 0.3) is 0 Å². The molecule has 3 nitrogen and oxygen atoms in total. The SMILES string of the molecule is CCCCCCCCCC(C(=O)O)c1ccc(Oc2ccc(F)cc2)cc1. The number of carboxylic acids is 1. The van der Waals surface area contributed by atoms with Crippen molar-refractivity contribution in [2.75, 3.05) is 0 Å². The van der Waals surface area contributed by atoms with Gasteiger partial charge in [0.25, 0.3) is 0 Å².